The van der Waals surface area contributed by atoms with Crippen molar-refractivity contribution in [2.75, 3.05) is 19.0 Å². The van der Waals surface area contributed by atoms with Crippen LogP contribution in [0.1, 0.15) is 33.9 Å². The number of nitro benzene ring substituents is 1. The van der Waals surface area contributed by atoms with Crippen LogP contribution in [0.4, 0.5) is 11.4 Å². The Bertz CT molecular complexity index is 851. The quantitative estimate of drug-likeness (QED) is 0.666. The van der Waals surface area contributed by atoms with Crippen molar-refractivity contribution in [1.82, 2.24) is 5.32 Å². The number of rotatable bonds is 4. The molecule has 0 bridgehead atoms. The van der Waals surface area contributed by atoms with Gasteiger partial charge >= 0.3 is 0 Å². The van der Waals surface area contributed by atoms with E-state index in [1.165, 1.54) is 12.1 Å². The molecule has 0 radical (unpaired) electrons. The molecule has 0 heterocycles. The van der Waals surface area contributed by atoms with Gasteiger partial charge in [0, 0.05) is 36.9 Å². The van der Waals surface area contributed by atoms with Crippen LogP contribution in [0.15, 0.2) is 36.4 Å². The molecule has 1 amide bonds. The van der Waals surface area contributed by atoms with Crippen LogP contribution in [-0.2, 0) is 6.42 Å². The Morgan fingerprint density at radius 3 is 2.76 bits per heavy atom. The molecule has 0 unspecified atom stereocenters. The van der Waals surface area contributed by atoms with Crippen LogP contribution in [0, 0.1) is 10.1 Å². The monoisotopic (exact) mass is 359 g/mol. The summed E-state index contributed by atoms with van der Waals surface area (Å²) in [5.74, 6) is -0.328. The highest BCUT2D eigenvalue weighted by atomic mass is 35.5. The SMILES string of the molecule is CN(C)c1ccc([N+](=O)[O-])cc1C(=O)N[C@@H]1CCc2c(Cl)cccc21. The van der Waals surface area contributed by atoms with Crippen LogP contribution < -0.4 is 10.2 Å². The van der Waals surface area contributed by atoms with Crippen molar-refractivity contribution in [3.05, 3.63) is 68.2 Å². The van der Waals surface area contributed by atoms with Crippen molar-refractivity contribution < 1.29 is 9.72 Å². The molecular formula is C18H18ClN3O3. The molecule has 2 aromatic carbocycles. The molecule has 0 saturated heterocycles. The van der Waals surface area contributed by atoms with E-state index in [1.807, 2.05) is 18.2 Å². The van der Waals surface area contributed by atoms with E-state index >= 15 is 0 Å². The molecule has 1 N–H and O–H groups in total. The number of non-ortho nitro benzene ring substituents is 1. The summed E-state index contributed by atoms with van der Waals surface area (Å²) in [6.45, 7) is 0. The van der Waals surface area contributed by atoms with Gasteiger partial charge in [0.05, 0.1) is 16.5 Å². The van der Waals surface area contributed by atoms with Crippen LogP contribution in [-0.4, -0.2) is 24.9 Å². The Hall–Kier alpha value is -2.60. The Kier molecular flexibility index (Phi) is 4.63. The fourth-order valence-electron chi connectivity index (χ4n) is 3.21. The van der Waals surface area contributed by atoms with E-state index < -0.39 is 4.92 Å². The first-order valence-electron chi connectivity index (χ1n) is 7.92. The summed E-state index contributed by atoms with van der Waals surface area (Å²) in [4.78, 5) is 25.1. The predicted molar refractivity (Wildman–Crippen MR) is 97.4 cm³/mol. The normalized spacial score (nSPS) is 15.6. The average Bonchev–Trinajstić information content (AvgIpc) is 2.98. The van der Waals surface area contributed by atoms with Crippen molar-refractivity contribution in [2.45, 2.75) is 18.9 Å². The zero-order valence-corrected chi connectivity index (χ0v) is 14.7. The maximum absolute atomic E-state index is 12.8. The molecule has 1 aliphatic carbocycles. The van der Waals surface area contributed by atoms with Crippen LogP contribution in [0.2, 0.25) is 5.02 Å². The minimum atomic E-state index is -0.499. The smallest absolute Gasteiger partial charge is 0.270 e. The van der Waals surface area contributed by atoms with E-state index in [9.17, 15) is 14.9 Å². The molecule has 1 aliphatic rings. The molecule has 130 valence electrons. The fourth-order valence-corrected chi connectivity index (χ4v) is 3.48. The molecule has 2 aromatic rings. The summed E-state index contributed by atoms with van der Waals surface area (Å²) in [5.41, 5.74) is 2.88. The number of amides is 1. The molecule has 0 spiro atoms. The lowest BCUT2D eigenvalue weighted by Gasteiger charge is -2.19. The zero-order chi connectivity index (χ0) is 18.1. The lowest BCUT2D eigenvalue weighted by Crippen LogP contribution is -2.29. The van der Waals surface area contributed by atoms with E-state index in [4.69, 9.17) is 11.6 Å². The minimum Gasteiger partial charge on any atom is -0.377 e. The summed E-state index contributed by atoms with van der Waals surface area (Å²) in [5, 5.41) is 14.7. The number of anilines is 1. The lowest BCUT2D eigenvalue weighted by molar-refractivity contribution is -0.384. The van der Waals surface area contributed by atoms with Crippen molar-refractivity contribution in [1.29, 1.82) is 0 Å². The third kappa shape index (κ3) is 3.30. The lowest BCUT2D eigenvalue weighted by atomic mass is 10.1. The first-order valence-corrected chi connectivity index (χ1v) is 8.30. The van der Waals surface area contributed by atoms with Gasteiger partial charge in [-0.2, -0.15) is 0 Å². The predicted octanol–water partition coefficient (Wildman–Crippen LogP) is 3.73. The van der Waals surface area contributed by atoms with Gasteiger partial charge < -0.3 is 10.2 Å². The molecule has 3 rings (SSSR count). The van der Waals surface area contributed by atoms with Crippen LogP contribution in [0.5, 0.6) is 0 Å². The fraction of sp³-hybridized carbons (Fsp3) is 0.278. The van der Waals surface area contributed by atoms with E-state index in [0.29, 0.717) is 10.7 Å². The van der Waals surface area contributed by atoms with Gasteiger partial charge in [0.1, 0.15) is 0 Å². The summed E-state index contributed by atoms with van der Waals surface area (Å²) in [6, 6.07) is 9.83. The number of fused-ring (bicyclic) bond motifs is 1. The number of nitro groups is 1. The first kappa shape index (κ1) is 17.2. The summed E-state index contributed by atoms with van der Waals surface area (Å²) >= 11 is 6.22. The van der Waals surface area contributed by atoms with E-state index in [0.717, 1.165) is 24.0 Å². The summed E-state index contributed by atoms with van der Waals surface area (Å²) in [6.07, 6.45) is 1.56. The average molecular weight is 360 g/mol. The van der Waals surface area contributed by atoms with Crippen molar-refractivity contribution >= 4 is 28.9 Å². The Morgan fingerprint density at radius 2 is 2.08 bits per heavy atom. The Morgan fingerprint density at radius 1 is 1.32 bits per heavy atom. The summed E-state index contributed by atoms with van der Waals surface area (Å²) < 4.78 is 0. The minimum absolute atomic E-state index is 0.106. The van der Waals surface area contributed by atoms with Crippen molar-refractivity contribution in [2.24, 2.45) is 0 Å². The molecule has 25 heavy (non-hydrogen) atoms. The van der Waals surface area contributed by atoms with Crippen LogP contribution >= 0.6 is 11.6 Å². The number of benzene rings is 2. The molecule has 0 aromatic heterocycles. The highest BCUT2D eigenvalue weighted by Crippen LogP contribution is 2.36. The Balaban J connectivity index is 1.91. The van der Waals surface area contributed by atoms with Gasteiger partial charge in [-0.1, -0.05) is 23.7 Å². The number of carbonyl (C=O) groups excluding carboxylic acids is 1. The topological polar surface area (TPSA) is 75.5 Å². The number of hydrogen-bond acceptors (Lipinski definition) is 4. The molecule has 6 nitrogen and oxygen atoms in total. The second kappa shape index (κ2) is 6.72. The third-order valence-electron chi connectivity index (χ3n) is 4.44. The number of hydrogen-bond donors (Lipinski definition) is 1. The second-order valence-corrected chi connectivity index (χ2v) is 6.63. The van der Waals surface area contributed by atoms with Gasteiger partial charge in [-0.15, -0.1) is 0 Å². The number of halogens is 1. The van der Waals surface area contributed by atoms with E-state index in [2.05, 4.69) is 5.32 Å². The maximum atomic E-state index is 12.8. The second-order valence-electron chi connectivity index (χ2n) is 6.23. The molecule has 1 atom stereocenters. The number of nitrogens with zero attached hydrogens (tertiary/aromatic N) is 2. The van der Waals surface area contributed by atoms with Gasteiger partial charge in [-0.25, -0.2) is 0 Å². The third-order valence-corrected chi connectivity index (χ3v) is 4.79. The van der Waals surface area contributed by atoms with E-state index in [1.54, 1.807) is 25.1 Å². The van der Waals surface area contributed by atoms with Crippen molar-refractivity contribution in [3.8, 4) is 0 Å². The zero-order valence-electron chi connectivity index (χ0n) is 14.0. The van der Waals surface area contributed by atoms with Gasteiger partial charge in [0.25, 0.3) is 11.6 Å². The van der Waals surface area contributed by atoms with Crippen molar-refractivity contribution in [3.63, 3.8) is 0 Å². The molecule has 7 heteroatoms. The molecule has 0 aliphatic heterocycles. The van der Waals surface area contributed by atoms with E-state index in [-0.39, 0.29) is 23.2 Å². The Labute approximate surface area is 150 Å². The standard InChI is InChI=1S/C18H18ClN3O3/c1-21(2)17-9-6-11(22(24)25)10-14(17)18(23)20-16-8-7-12-13(16)4-3-5-15(12)19/h3-6,9-10,16H,7-8H2,1-2H3,(H,20,23)/t16-/m1/s1. The maximum Gasteiger partial charge on any atom is 0.270 e. The molecule has 0 saturated carbocycles. The van der Waals surface area contributed by atoms with Gasteiger partial charge in [-0.05, 0) is 36.1 Å². The van der Waals surface area contributed by atoms with Gasteiger partial charge in [-0.3, -0.25) is 14.9 Å². The van der Waals surface area contributed by atoms with Gasteiger partial charge in [0.2, 0.25) is 0 Å². The number of nitrogens with one attached hydrogen (secondary N) is 1. The summed E-state index contributed by atoms with van der Waals surface area (Å²) in [7, 11) is 3.59. The van der Waals surface area contributed by atoms with Crippen LogP contribution in [0.3, 0.4) is 0 Å². The van der Waals surface area contributed by atoms with Gasteiger partial charge in [0.15, 0.2) is 0 Å². The highest BCUT2D eigenvalue weighted by Gasteiger charge is 2.27. The highest BCUT2D eigenvalue weighted by molar-refractivity contribution is 6.31. The first-order chi connectivity index (χ1) is 11.9. The molecular weight excluding hydrogens is 342 g/mol. The number of carbonyl (C=O) groups is 1. The molecule has 0 fully saturated rings. The van der Waals surface area contributed by atoms with Crippen LogP contribution in [0.25, 0.3) is 0 Å². The largest absolute Gasteiger partial charge is 0.377 e.